The van der Waals surface area contributed by atoms with E-state index in [0.717, 1.165) is 29.0 Å². The third-order valence-corrected chi connectivity index (χ3v) is 3.79. The summed E-state index contributed by atoms with van der Waals surface area (Å²) in [5, 5.41) is 7.23. The number of hydrogen-bond acceptors (Lipinski definition) is 3. The van der Waals surface area contributed by atoms with E-state index in [4.69, 9.17) is 0 Å². The maximum atomic E-state index is 12.5. The number of benzene rings is 2. The number of aryl methyl sites for hydroxylation is 1. The molecule has 0 aliphatic carbocycles. The number of aromatic nitrogens is 2. The number of nitrogens with one attached hydrogen (secondary N) is 1. The van der Waals surface area contributed by atoms with Crippen LogP contribution in [0.2, 0.25) is 0 Å². The topological polar surface area (TPSA) is 50.2 Å². The molecule has 3 rings (SSSR count). The summed E-state index contributed by atoms with van der Waals surface area (Å²) in [4.78, 5) is 14.5. The van der Waals surface area contributed by atoms with Crippen molar-refractivity contribution in [2.45, 2.75) is 13.5 Å². The molecule has 0 saturated heterocycles. The van der Waals surface area contributed by atoms with Crippen molar-refractivity contribution in [2.24, 2.45) is 0 Å². The van der Waals surface area contributed by atoms with Crippen LogP contribution in [0.5, 0.6) is 0 Å². The molecule has 0 atom stereocenters. The average molecular weight is 334 g/mol. The highest BCUT2D eigenvalue weighted by molar-refractivity contribution is 6.04. The molecule has 0 aliphatic heterocycles. The lowest BCUT2D eigenvalue weighted by molar-refractivity contribution is 0.102. The molecule has 25 heavy (non-hydrogen) atoms. The van der Waals surface area contributed by atoms with Crippen molar-refractivity contribution in [3.05, 3.63) is 77.6 Å². The largest absolute Gasteiger partial charge is 0.322 e. The summed E-state index contributed by atoms with van der Waals surface area (Å²) < 4.78 is 1.79. The Kier molecular flexibility index (Phi) is 4.95. The van der Waals surface area contributed by atoms with Gasteiger partial charge in [0.2, 0.25) is 0 Å². The van der Waals surface area contributed by atoms with Crippen molar-refractivity contribution >= 4 is 11.6 Å². The molecule has 0 spiro atoms. The average Bonchev–Trinajstić information content (AvgIpc) is 3.01. The molecular formula is C20H22N4O. The fraction of sp³-hybridized carbons (Fsp3) is 0.200. The van der Waals surface area contributed by atoms with E-state index < -0.39 is 0 Å². The number of carbonyl (C=O) groups excluding carboxylic acids is 1. The first-order valence-corrected chi connectivity index (χ1v) is 8.18. The van der Waals surface area contributed by atoms with E-state index >= 15 is 0 Å². The second kappa shape index (κ2) is 7.32. The van der Waals surface area contributed by atoms with Crippen molar-refractivity contribution in [2.75, 3.05) is 19.4 Å². The standard InChI is InChI=1S/C20H22N4O/c1-15-12-21-24(13-15)19-9-7-17(8-10-19)20(25)22-18-6-4-5-16(11-18)14-23(2)3/h4-13H,14H2,1-3H3,(H,22,25). The Hall–Kier alpha value is -2.92. The van der Waals surface area contributed by atoms with Crippen LogP contribution in [0.1, 0.15) is 21.5 Å². The lowest BCUT2D eigenvalue weighted by Crippen LogP contribution is -2.13. The van der Waals surface area contributed by atoms with E-state index in [9.17, 15) is 4.79 Å². The van der Waals surface area contributed by atoms with Crippen molar-refractivity contribution in [1.82, 2.24) is 14.7 Å². The molecule has 1 aromatic heterocycles. The lowest BCUT2D eigenvalue weighted by Gasteiger charge is -2.11. The van der Waals surface area contributed by atoms with E-state index in [0.29, 0.717) is 5.56 Å². The summed E-state index contributed by atoms with van der Waals surface area (Å²) in [6.07, 6.45) is 3.76. The van der Waals surface area contributed by atoms with Crippen LogP contribution in [0.25, 0.3) is 5.69 Å². The Bertz CT molecular complexity index is 865. The highest BCUT2D eigenvalue weighted by Crippen LogP contribution is 2.15. The zero-order valence-corrected chi connectivity index (χ0v) is 14.7. The fourth-order valence-corrected chi connectivity index (χ4v) is 2.64. The second-order valence-corrected chi connectivity index (χ2v) is 6.40. The van der Waals surface area contributed by atoms with E-state index in [1.54, 1.807) is 10.9 Å². The fourth-order valence-electron chi connectivity index (χ4n) is 2.64. The Morgan fingerprint density at radius 1 is 1.16 bits per heavy atom. The maximum Gasteiger partial charge on any atom is 0.255 e. The molecule has 5 nitrogen and oxygen atoms in total. The van der Waals surface area contributed by atoms with Gasteiger partial charge < -0.3 is 10.2 Å². The molecule has 0 bridgehead atoms. The van der Waals surface area contributed by atoms with E-state index in [2.05, 4.69) is 21.4 Å². The Labute approximate surface area is 147 Å². The first-order chi connectivity index (χ1) is 12.0. The SMILES string of the molecule is Cc1cnn(-c2ccc(C(=O)Nc3cccc(CN(C)C)c3)cc2)c1. The molecular weight excluding hydrogens is 312 g/mol. The summed E-state index contributed by atoms with van der Waals surface area (Å²) in [6.45, 7) is 2.83. The van der Waals surface area contributed by atoms with E-state index in [1.807, 2.05) is 69.7 Å². The zero-order valence-electron chi connectivity index (χ0n) is 14.7. The predicted octanol–water partition coefficient (Wildman–Crippen LogP) is 3.49. The molecule has 0 radical (unpaired) electrons. The minimum absolute atomic E-state index is 0.120. The minimum atomic E-state index is -0.120. The van der Waals surface area contributed by atoms with Gasteiger partial charge in [-0.3, -0.25) is 4.79 Å². The first kappa shape index (κ1) is 16.9. The lowest BCUT2D eigenvalue weighted by atomic mass is 10.1. The molecule has 128 valence electrons. The van der Waals surface area contributed by atoms with Crippen LogP contribution in [0.4, 0.5) is 5.69 Å². The van der Waals surface area contributed by atoms with Gasteiger partial charge in [0, 0.05) is 24.0 Å². The molecule has 3 aromatic rings. The van der Waals surface area contributed by atoms with Gasteiger partial charge >= 0.3 is 0 Å². The van der Waals surface area contributed by atoms with Crippen molar-refractivity contribution in [1.29, 1.82) is 0 Å². The van der Waals surface area contributed by atoms with Crippen LogP contribution in [-0.4, -0.2) is 34.7 Å². The molecule has 0 saturated carbocycles. The molecule has 0 aliphatic rings. The third-order valence-electron chi connectivity index (χ3n) is 3.79. The Morgan fingerprint density at radius 3 is 2.56 bits per heavy atom. The van der Waals surface area contributed by atoms with Gasteiger partial charge in [0.1, 0.15) is 0 Å². The van der Waals surface area contributed by atoms with Crippen LogP contribution in [0, 0.1) is 6.92 Å². The molecule has 1 heterocycles. The van der Waals surface area contributed by atoms with Gasteiger partial charge in [0.15, 0.2) is 0 Å². The van der Waals surface area contributed by atoms with Crippen molar-refractivity contribution in [3.63, 3.8) is 0 Å². The van der Waals surface area contributed by atoms with Gasteiger partial charge in [-0.05, 0) is 68.5 Å². The number of amides is 1. The summed E-state index contributed by atoms with van der Waals surface area (Å²) in [6, 6.07) is 15.3. The van der Waals surface area contributed by atoms with Crippen LogP contribution < -0.4 is 5.32 Å². The van der Waals surface area contributed by atoms with Gasteiger partial charge in [0.05, 0.1) is 11.9 Å². The smallest absolute Gasteiger partial charge is 0.255 e. The van der Waals surface area contributed by atoms with Crippen LogP contribution >= 0.6 is 0 Å². The normalized spacial score (nSPS) is 10.9. The van der Waals surface area contributed by atoms with Gasteiger partial charge in [-0.2, -0.15) is 5.10 Å². The second-order valence-electron chi connectivity index (χ2n) is 6.40. The Morgan fingerprint density at radius 2 is 1.92 bits per heavy atom. The van der Waals surface area contributed by atoms with Crippen LogP contribution in [0.15, 0.2) is 60.9 Å². The molecule has 1 N–H and O–H groups in total. The highest BCUT2D eigenvalue weighted by atomic mass is 16.1. The molecule has 0 unspecified atom stereocenters. The Balaban J connectivity index is 1.71. The predicted molar refractivity (Wildman–Crippen MR) is 100 cm³/mol. The molecule has 5 heteroatoms. The number of rotatable bonds is 5. The number of hydrogen-bond donors (Lipinski definition) is 1. The van der Waals surface area contributed by atoms with Gasteiger partial charge in [0.25, 0.3) is 5.91 Å². The van der Waals surface area contributed by atoms with Crippen LogP contribution in [0.3, 0.4) is 0 Å². The van der Waals surface area contributed by atoms with Crippen molar-refractivity contribution < 1.29 is 4.79 Å². The molecule has 0 fully saturated rings. The summed E-state index contributed by atoms with van der Waals surface area (Å²) in [7, 11) is 4.04. The summed E-state index contributed by atoms with van der Waals surface area (Å²) >= 11 is 0. The van der Waals surface area contributed by atoms with Crippen molar-refractivity contribution in [3.8, 4) is 5.69 Å². The number of carbonyl (C=O) groups is 1. The maximum absolute atomic E-state index is 12.5. The minimum Gasteiger partial charge on any atom is -0.322 e. The molecule has 2 aromatic carbocycles. The zero-order chi connectivity index (χ0) is 17.8. The van der Waals surface area contributed by atoms with Gasteiger partial charge in [-0.15, -0.1) is 0 Å². The molecule has 1 amide bonds. The summed E-state index contributed by atoms with van der Waals surface area (Å²) in [5.41, 5.74) is 4.60. The number of nitrogens with zero attached hydrogens (tertiary/aromatic N) is 3. The van der Waals surface area contributed by atoms with Gasteiger partial charge in [-0.1, -0.05) is 12.1 Å². The monoisotopic (exact) mass is 334 g/mol. The quantitative estimate of drug-likeness (QED) is 0.777. The highest BCUT2D eigenvalue weighted by Gasteiger charge is 2.07. The van der Waals surface area contributed by atoms with E-state index in [-0.39, 0.29) is 5.91 Å². The summed E-state index contributed by atoms with van der Waals surface area (Å²) in [5.74, 6) is -0.120. The third kappa shape index (κ3) is 4.33. The van der Waals surface area contributed by atoms with Crippen LogP contribution in [-0.2, 0) is 6.54 Å². The number of anilines is 1. The first-order valence-electron chi connectivity index (χ1n) is 8.18. The van der Waals surface area contributed by atoms with Gasteiger partial charge in [-0.25, -0.2) is 4.68 Å². The van der Waals surface area contributed by atoms with E-state index in [1.165, 1.54) is 0 Å².